The number of benzene rings is 2. The summed E-state index contributed by atoms with van der Waals surface area (Å²) < 4.78 is 26.4. The van der Waals surface area contributed by atoms with Crippen LogP contribution in [0.15, 0.2) is 53.1 Å². The van der Waals surface area contributed by atoms with Gasteiger partial charge in [0.05, 0.1) is 35.0 Å². The number of aromatic nitrogens is 1. The maximum atomic E-state index is 12.2. The van der Waals surface area contributed by atoms with Gasteiger partial charge < -0.3 is 28.8 Å². The number of nitrogens with one attached hydrogen (secondary N) is 1. The van der Waals surface area contributed by atoms with E-state index in [1.165, 1.54) is 6.08 Å². The topological polar surface area (TPSA) is 92.1 Å². The van der Waals surface area contributed by atoms with Crippen LogP contribution in [0.2, 0.25) is 0 Å². The van der Waals surface area contributed by atoms with Crippen LogP contribution in [0, 0.1) is 0 Å². The fourth-order valence-electron chi connectivity index (χ4n) is 2.89. The molecule has 8 nitrogen and oxygen atoms in total. The van der Waals surface area contributed by atoms with E-state index in [0.717, 1.165) is 11.1 Å². The SMILES string of the molecule is COc1ccc(/C=C/C(=O)NCc2cc(-c3ccc(OC)c(OC)c3)on2)cc1OC. The third kappa shape index (κ3) is 5.36. The summed E-state index contributed by atoms with van der Waals surface area (Å²) in [4.78, 5) is 12.2. The maximum Gasteiger partial charge on any atom is 0.244 e. The van der Waals surface area contributed by atoms with E-state index in [9.17, 15) is 4.79 Å². The Morgan fingerprint density at radius 1 is 0.903 bits per heavy atom. The van der Waals surface area contributed by atoms with Crippen molar-refractivity contribution in [3.63, 3.8) is 0 Å². The fourth-order valence-corrected chi connectivity index (χ4v) is 2.89. The predicted octanol–water partition coefficient (Wildman–Crippen LogP) is 3.71. The molecule has 0 bridgehead atoms. The summed E-state index contributed by atoms with van der Waals surface area (Å²) in [6.45, 7) is 0.228. The first-order valence-corrected chi connectivity index (χ1v) is 9.44. The number of carbonyl (C=O) groups is 1. The highest BCUT2D eigenvalue weighted by Crippen LogP contribution is 2.32. The minimum Gasteiger partial charge on any atom is -0.493 e. The van der Waals surface area contributed by atoms with Gasteiger partial charge in [-0.25, -0.2) is 0 Å². The molecule has 1 aromatic heterocycles. The van der Waals surface area contributed by atoms with Crippen molar-refractivity contribution in [3.05, 3.63) is 59.8 Å². The number of methoxy groups -OCH3 is 4. The van der Waals surface area contributed by atoms with E-state index in [4.69, 9.17) is 23.5 Å². The van der Waals surface area contributed by atoms with Gasteiger partial charge in [0.25, 0.3) is 0 Å². The first kappa shape index (κ1) is 21.8. The standard InChI is InChI=1S/C23H24N2O6/c1-27-18-8-5-15(11-21(18)29-3)6-10-23(26)24-14-17-13-20(31-25-17)16-7-9-19(28-2)22(12-16)30-4/h5-13H,14H2,1-4H3,(H,24,26)/b10-6+. The largest absolute Gasteiger partial charge is 0.493 e. The molecule has 1 N–H and O–H groups in total. The van der Waals surface area contributed by atoms with Crippen molar-refractivity contribution in [3.8, 4) is 34.3 Å². The summed E-state index contributed by atoms with van der Waals surface area (Å²) in [6.07, 6.45) is 3.13. The Kier molecular flexibility index (Phi) is 7.16. The monoisotopic (exact) mass is 424 g/mol. The van der Waals surface area contributed by atoms with E-state index in [1.54, 1.807) is 64.8 Å². The van der Waals surface area contributed by atoms with Crippen molar-refractivity contribution < 1.29 is 28.3 Å². The Bertz CT molecular complexity index is 1070. The average molecular weight is 424 g/mol. The van der Waals surface area contributed by atoms with Crippen LogP contribution in [0.1, 0.15) is 11.3 Å². The number of ether oxygens (including phenoxy) is 4. The van der Waals surface area contributed by atoms with Crippen LogP contribution in [0.4, 0.5) is 0 Å². The molecular formula is C23H24N2O6. The lowest BCUT2D eigenvalue weighted by atomic mass is 10.1. The zero-order valence-corrected chi connectivity index (χ0v) is 17.8. The van der Waals surface area contributed by atoms with Gasteiger partial charge in [0, 0.05) is 17.7 Å². The number of hydrogen-bond donors (Lipinski definition) is 1. The molecule has 0 aliphatic rings. The molecule has 0 spiro atoms. The van der Waals surface area contributed by atoms with Gasteiger partial charge in [0.2, 0.25) is 5.91 Å². The van der Waals surface area contributed by atoms with Gasteiger partial charge in [0.1, 0.15) is 5.69 Å². The first-order chi connectivity index (χ1) is 15.1. The zero-order valence-electron chi connectivity index (χ0n) is 17.8. The van der Waals surface area contributed by atoms with Crippen LogP contribution in [-0.2, 0) is 11.3 Å². The molecule has 162 valence electrons. The molecule has 0 unspecified atom stereocenters. The van der Waals surface area contributed by atoms with E-state index in [1.807, 2.05) is 12.1 Å². The van der Waals surface area contributed by atoms with Crippen molar-refractivity contribution in [1.82, 2.24) is 10.5 Å². The van der Waals surface area contributed by atoms with Crippen LogP contribution in [-0.4, -0.2) is 39.5 Å². The van der Waals surface area contributed by atoms with E-state index in [2.05, 4.69) is 10.5 Å². The molecule has 0 fully saturated rings. The lowest BCUT2D eigenvalue weighted by Gasteiger charge is -2.07. The summed E-state index contributed by atoms with van der Waals surface area (Å²) in [5.41, 5.74) is 2.19. The first-order valence-electron chi connectivity index (χ1n) is 9.44. The van der Waals surface area contributed by atoms with Crippen molar-refractivity contribution in [1.29, 1.82) is 0 Å². The Balaban J connectivity index is 1.60. The van der Waals surface area contributed by atoms with Crippen molar-refractivity contribution in [2.24, 2.45) is 0 Å². The minimum atomic E-state index is -0.259. The maximum absolute atomic E-state index is 12.2. The van der Waals surface area contributed by atoms with Gasteiger partial charge >= 0.3 is 0 Å². The number of hydrogen-bond acceptors (Lipinski definition) is 7. The van der Waals surface area contributed by atoms with E-state index in [0.29, 0.717) is 34.5 Å². The highest BCUT2D eigenvalue weighted by atomic mass is 16.5. The molecule has 0 aliphatic heterocycles. The Morgan fingerprint density at radius 3 is 2.23 bits per heavy atom. The van der Waals surface area contributed by atoms with Gasteiger partial charge in [-0.05, 0) is 42.0 Å². The minimum absolute atomic E-state index is 0.228. The Labute approximate surface area is 180 Å². The van der Waals surface area contributed by atoms with Crippen LogP contribution in [0.5, 0.6) is 23.0 Å². The van der Waals surface area contributed by atoms with Gasteiger partial charge in [-0.2, -0.15) is 0 Å². The van der Waals surface area contributed by atoms with Crippen LogP contribution >= 0.6 is 0 Å². The third-order valence-electron chi connectivity index (χ3n) is 4.51. The summed E-state index contributed by atoms with van der Waals surface area (Å²) in [5.74, 6) is 2.73. The van der Waals surface area contributed by atoms with Crippen molar-refractivity contribution >= 4 is 12.0 Å². The Morgan fingerprint density at radius 2 is 1.55 bits per heavy atom. The van der Waals surface area contributed by atoms with Crippen molar-refractivity contribution in [2.75, 3.05) is 28.4 Å². The molecule has 0 saturated heterocycles. The molecule has 3 aromatic rings. The molecule has 0 atom stereocenters. The van der Waals surface area contributed by atoms with E-state index in [-0.39, 0.29) is 12.5 Å². The molecule has 1 heterocycles. The van der Waals surface area contributed by atoms with Crippen LogP contribution in [0.25, 0.3) is 17.4 Å². The van der Waals surface area contributed by atoms with E-state index >= 15 is 0 Å². The summed E-state index contributed by atoms with van der Waals surface area (Å²) in [7, 11) is 6.28. The molecule has 2 aromatic carbocycles. The smallest absolute Gasteiger partial charge is 0.244 e. The summed E-state index contributed by atoms with van der Waals surface area (Å²) in [5, 5.41) is 6.78. The highest BCUT2D eigenvalue weighted by Gasteiger charge is 2.11. The van der Waals surface area contributed by atoms with Gasteiger partial charge in [0.15, 0.2) is 28.8 Å². The number of rotatable bonds is 9. The number of nitrogens with zero attached hydrogens (tertiary/aromatic N) is 1. The quantitative estimate of drug-likeness (QED) is 0.524. The third-order valence-corrected chi connectivity index (χ3v) is 4.51. The fraction of sp³-hybridized carbons (Fsp3) is 0.217. The van der Waals surface area contributed by atoms with Crippen LogP contribution in [0.3, 0.4) is 0 Å². The second kappa shape index (κ2) is 10.2. The van der Waals surface area contributed by atoms with E-state index < -0.39 is 0 Å². The number of amides is 1. The van der Waals surface area contributed by atoms with Crippen molar-refractivity contribution in [2.45, 2.75) is 6.54 Å². The van der Waals surface area contributed by atoms with Gasteiger partial charge in [-0.15, -0.1) is 0 Å². The van der Waals surface area contributed by atoms with Crippen LogP contribution < -0.4 is 24.3 Å². The molecular weight excluding hydrogens is 400 g/mol. The number of carbonyl (C=O) groups excluding carboxylic acids is 1. The van der Waals surface area contributed by atoms with Gasteiger partial charge in [-0.1, -0.05) is 11.2 Å². The normalized spacial score (nSPS) is 10.7. The molecule has 8 heteroatoms. The predicted molar refractivity (Wildman–Crippen MR) is 115 cm³/mol. The molecule has 3 rings (SSSR count). The summed E-state index contributed by atoms with van der Waals surface area (Å²) >= 11 is 0. The lowest BCUT2D eigenvalue weighted by Crippen LogP contribution is -2.20. The zero-order chi connectivity index (χ0) is 22.2. The molecule has 31 heavy (non-hydrogen) atoms. The average Bonchev–Trinajstić information content (AvgIpc) is 3.29. The lowest BCUT2D eigenvalue weighted by molar-refractivity contribution is -0.116. The summed E-state index contributed by atoms with van der Waals surface area (Å²) in [6, 6.07) is 12.6. The second-order valence-electron chi connectivity index (χ2n) is 6.42. The van der Waals surface area contributed by atoms with Gasteiger partial charge in [-0.3, -0.25) is 4.79 Å². The second-order valence-corrected chi connectivity index (χ2v) is 6.42. The Hall–Kier alpha value is -3.94. The molecule has 0 aliphatic carbocycles. The molecule has 0 radical (unpaired) electrons. The molecule has 0 saturated carbocycles. The highest BCUT2D eigenvalue weighted by molar-refractivity contribution is 5.91. The molecule has 1 amide bonds.